The first-order valence-corrected chi connectivity index (χ1v) is 10.9. The molecule has 0 radical (unpaired) electrons. The maximum atomic E-state index is 14.6. The molecular formula is C28H20F3NS. The van der Waals surface area contributed by atoms with E-state index in [1.807, 2.05) is 5.16 Å². The van der Waals surface area contributed by atoms with Gasteiger partial charge in [0.25, 0.3) is 0 Å². The predicted octanol–water partition coefficient (Wildman–Crippen LogP) is 7.84. The van der Waals surface area contributed by atoms with Crippen LogP contribution < -0.4 is 0 Å². The zero-order valence-electron chi connectivity index (χ0n) is 18.0. The van der Waals surface area contributed by atoms with Crippen LogP contribution in [0.3, 0.4) is 0 Å². The van der Waals surface area contributed by atoms with Crippen molar-refractivity contribution in [3.63, 3.8) is 0 Å². The molecule has 0 spiro atoms. The van der Waals surface area contributed by atoms with Gasteiger partial charge in [-0.1, -0.05) is 61.6 Å². The molecule has 0 aromatic heterocycles. The first-order chi connectivity index (χ1) is 16.0. The average molecular weight is 460 g/mol. The van der Waals surface area contributed by atoms with Crippen LogP contribution in [-0.4, -0.2) is 5.16 Å². The molecule has 0 amide bonds. The monoisotopic (exact) mass is 459 g/mol. The van der Waals surface area contributed by atoms with Crippen LogP contribution in [0.25, 0.3) is 11.1 Å². The number of isothiocyanates is 1. The Labute approximate surface area is 197 Å². The van der Waals surface area contributed by atoms with Gasteiger partial charge in [-0.2, -0.15) is 4.99 Å². The quantitative estimate of drug-likeness (QED) is 0.164. The van der Waals surface area contributed by atoms with Crippen molar-refractivity contribution in [2.24, 2.45) is 4.99 Å². The topological polar surface area (TPSA) is 12.4 Å². The second kappa shape index (κ2) is 11.8. The Morgan fingerprint density at radius 2 is 1.39 bits per heavy atom. The number of rotatable bonds is 5. The van der Waals surface area contributed by atoms with Gasteiger partial charge in [-0.05, 0) is 60.6 Å². The van der Waals surface area contributed by atoms with Gasteiger partial charge < -0.3 is 0 Å². The predicted molar refractivity (Wildman–Crippen MR) is 130 cm³/mol. The normalized spacial score (nSPS) is 9.82. The molecule has 0 aliphatic rings. The molecule has 5 heteroatoms. The van der Waals surface area contributed by atoms with E-state index in [0.717, 1.165) is 37.8 Å². The lowest BCUT2D eigenvalue weighted by atomic mass is 10.0. The summed E-state index contributed by atoms with van der Waals surface area (Å²) in [6.07, 6.45) is 4.15. The summed E-state index contributed by atoms with van der Waals surface area (Å²) in [6, 6.07) is 14.1. The molecular weight excluding hydrogens is 439 g/mol. The van der Waals surface area contributed by atoms with Crippen LogP contribution in [0.2, 0.25) is 0 Å². The zero-order chi connectivity index (χ0) is 23.6. The Bertz CT molecular complexity index is 1290. The number of unbranched alkanes of at least 4 members (excludes halogenated alkanes) is 3. The van der Waals surface area contributed by atoms with Crippen LogP contribution >= 0.6 is 12.2 Å². The van der Waals surface area contributed by atoms with Gasteiger partial charge in [-0.15, -0.1) is 0 Å². The van der Waals surface area contributed by atoms with Crippen LogP contribution in [0.15, 0.2) is 59.6 Å². The molecule has 0 fully saturated rings. The van der Waals surface area contributed by atoms with Crippen molar-refractivity contribution in [2.45, 2.75) is 32.6 Å². The number of halogens is 3. The van der Waals surface area contributed by atoms with Gasteiger partial charge in [-0.3, -0.25) is 0 Å². The molecule has 3 aromatic rings. The lowest BCUT2D eigenvalue weighted by Gasteiger charge is -2.04. The van der Waals surface area contributed by atoms with Crippen molar-refractivity contribution >= 4 is 23.1 Å². The minimum atomic E-state index is -0.864. The molecule has 0 N–H and O–H groups in total. The van der Waals surface area contributed by atoms with Crippen LogP contribution in [0.5, 0.6) is 0 Å². The first-order valence-electron chi connectivity index (χ1n) is 10.5. The van der Waals surface area contributed by atoms with E-state index in [9.17, 15) is 13.2 Å². The van der Waals surface area contributed by atoms with E-state index >= 15 is 0 Å². The SMILES string of the molecule is CCCCCC#Cc1ccc(-c2ccc(C#Cc3cc(F)c(N=C=S)c(F)c3)cc2)c(F)c1. The number of benzene rings is 3. The Morgan fingerprint density at radius 1 is 0.758 bits per heavy atom. The van der Waals surface area contributed by atoms with Crippen molar-refractivity contribution in [1.29, 1.82) is 0 Å². The Hall–Kier alpha value is -3.63. The van der Waals surface area contributed by atoms with Gasteiger partial charge >= 0.3 is 0 Å². The van der Waals surface area contributed by atoms with Gasteiger partial charge in [0, 0.05) is 28.7 Å². The molecule has 3 aromatic carbocycles. The summed E-state index contributed by atoms with van der Waals surface area (Å²) in [4.78, 5) is 3.37. The van der Waals surface area contributed by atoms with E-state index in [2.05, 4.69) is 47.8 Å². The van der Waals surface area contributed by atoms with Crippen LogP contribution in [0.4, 0.5) is 18.9 Å². The lowest BCUT2D eigenvalue weighted by molar-refractivity contribution is 0.587. The van der Waals surface area contributed by atoms with E-state index in [1.165, 1.54) is 6.07 Å². The highest BCUT2D eigenvalue weighted by molar-refractivity contribution is 7.78. The fraction of sp³-hybridized carbons (Fsp3) is 0.179. The molecule has 0 atom stereocenters. The summed E-state index contributed by atoms with van der Waals surface area (Å²) in [6.45, 7) is 2.14. The molecule has 33 heavy (non-hydrogen) atoms. The largest absolute Gasteiger partial charge is 0.206 e. The maximum Gasteiger partial charge on any atom is 0.153 e. The number of nitrogens with zero attached hydrogens (tertiary/aromatic N) is 1. The summed E-state index contributed by atoms with van der Waals surface area (Å²) in [5.41, 5.74) is 2.10. The second-order valence-corrected chi connectivity index (χ2v) is 7.46. The van der Waals surface area contributed by atoms with Crippen molar-refractivity contribution in [3.05, 3.63) is 88.7 Å². The van der Waals surface area contributed by atoms with Crippen molar-refractivity contribution in [1.82, 2.24) is 0 Å². The molecule has 1 nitrogen and oxygen atoms in total. The third-order valence-corrected chi connectivity index (χ3v) is 4.92. The van der Waals surface area contributed by atoms with Crippen LogP contribution in [0.1, 0.15) is 49.3 Å². The third kappa shape index (κ3) is 6.67. The zero-order valence-corrected chi connectivity index (χ0v) is 18.8. The highest BCUT2D eigenvalue weighted by Gasteiger charge is 2.09. The smallest absolute Gasteiger partial charge is 0.153 e. The van der Waals surface area contributed by atoms with E-state index in [0.29, 0.717) is 22.3 Å². The molecule has 0 saturated carbocycles. The molecule has 0 aliphatic heterocycles. The van der Waals surface area contributed by atoms with Crippen LogP contribution in [0, 0.1) is 41.1 Å². The number of hydrogen-bond acceptors (Lipinski definition) is 2. The summed E-state index contributed by atoms with van der Waals surface area (Å²) in [7, 11) is 0. The fourth-order valence-corrected chi connectivity index (χ4v) is 3.21. The minimum absolute atomic E-state index is 0.162. The van der Waals surface area contributed by atoms with Crippen molar-refractivity contribution in [2.75, 3.05) is 0 Å². The van der Waals surface area contributed by atoms with Crippen molar-refractivity contribution in [3.8, 4) is 34.8 Å². The second-order valence-electron chi connectivity index (χ2n) is 7.27. The summed E-state index contributed by atoms with van der Waals surface area (Å²) >= 11 is 4.38. The fourth-order valence-electron chi connectivity index (χ4n) is 3.12. The molecule has 0 bridgehead atoms. The third-order valence-electron chi connectivity index (χ3n) is 4.83. The summed E-state index contributed by atoms with van der Waals surface area (Å²) in [5, 5.41) is 1.94. The summed E-state index contributed by atoms with van der Waals surface area (Å²) in [5.74, 6) is 9.57. The van der Waals surface area contributed by atoms with E-state index in [4.69, 9.17) is 0 Å². The first kappa shape index (κ1) is 24.0. The van der Waals surface area contributed by atoms with Gasteiger partial charge in [0.1, 0.15) is 11.5 Å². The maximum absolute atomic E-state index is 14.6. The van der Waals surface area contributed by atoms with Gasteiger partial charge in [0.2, 0.25) is 0 Å². The van der Waals surface area contributed by atoms with Gasteiger partial charge in [0.15, 0.2) is 11.6 Å². The highest BCUT2D eigenvalue weighted by Crippen LogP contribution is 2.25. The summed E-state index contributed by atoms with van der Waals surface area (Å²) < 4.78 is 42.4. The molecule has 0 aliphatic carbocycles. The lowest BCUT2D eigenvalue weighted by Crippen LogP contribution is -1.87. The molecule has 3 rings (SSSR count). The average Bonchev–Trinajstić information content (AvgIpc) is 2.80. The van der Waals surface area contributed by atoms with E-state index < -0.39 is 17.3 Å². The van der Waals surface area contributed by atoms with Crippen LogP contribution in [-0.2, 0) is 0 Å². The standard InChI is InChI=1S/C28H20F3NS/c1-2-3-4-5-6-7-21-12-15-24(25(29)16-21)23-13-10-20(11-14-23)8-9-22-17-26(30)28(32-19-33)27(31)18-22/h10-18H,2-5H2,1H3. The van der Waals surface area contributed by atoms with Crippen molar-refractivity contribution < 1.29 is 13.2 Å². The minimum Gasteiger partial charge on any atom is -0.206 e. The van der Waals surface area contributed by atoms with Gasteiger partial charge in [-0.25, -0.2) is 13.2 Å². The number of hydrogen-bond donors (Lipinski definition) is 0. The molecule has 0 saturated heterocycles. The Morgan fingerprint density at radius 3 is 2.03 bits per heavy atom. The van der Waals surface area contributed by atoms with E-state index in [-0.39, 0.29) is 11.4 Å². The number of aliphatic imine (C=N–C) groups is 1. The molecule has 0 heterocycles. The highest BCUT2D eigenvalue weighted by atomic mass is 32.1. The van der Waals surface area contributed by atoms with Gasteiger partial charge in [0.05, 0.1) is 5.16 Å². The molecule has 0 unspecified atom stereocenters. The van der Waals surface area contributed by atoms with E-state index in [1.54, 1.807) is 36.4 Å². The Balaban J connectivity index is 1.74. The Kier molecular flexibility index (Phi) is 8.62. The number of thiocarbonyl (C=S) groups is 1. The molecule has 164 valence electrons.